The van der Waals surface area contributed by atoms with Crippen LogP contribution in [0, 0.1) is 6.92 Å². The predicted molar refractivity (Wildman–Crippen MR) is 107 cm³/mol. The molecule has 0 bridgehead atoms. The Morgan fingerprint density at radius 3 is 2.26 bits per heavy atom. The first-order valence-corrected chi connectivity index (χ1v) is 9.32. The summed E-state index contributed by atoms with van der Waals surface area (Å²) in [5.41, 5.74) is 2.49. The van der Waals surface area contributed by atoms with Crippen LogP contribution in [0.1, 0.15) is 17.5 Å². The van der Waals surface area contributed by atoms with Crippen molar-refractivity contribution in [2.24, 2.45) is 0 Å². The Bertz CT molecular complexity index is 642. The standard InChI is InChI=1S/C22H31NO4/c1-18-5-7-19(8-6-18)15-23(13-4-14-25-2)16-20(24)17-27-22-11-9-21(26-3)10-12-22/h5-12,20,24H,4,13-17H2,1-3H3/t20-/m0/s1. The van der Waals surface area contributed by atoms with Crippen molar-refractivity contribution < 1.29 is 19.3 Å². The molecule has 0 unspecified atom stereocenters. The molecule has 0 amide bonds. The minimum absolute atomic E-state index is 0.251. The van der Waals surface area contributed by atoms with Crippen molar-refractivity contribution >= 4 is 0 Å². The summed E-state index contributed by atoms with van der Waals surface area (Å²) in [6.07, 6.45) is 0.356. The van der Waals surface area contributed by atoms with Crippen molar-refractivity contribution in [1.29, 1.82) is 0 Å². The highest BCUT2D eigenvalue weighted by Gasteiger charge is 2.13. The van der Waals surface area contributed by atoms with Crippen LogP contribution in [0.4, 0.5) is 0 Å². The first kappa shape index (κ1) is 21.2. The zero-order chi connectivity index (χ0) is 19.5. The van der Waals surface area contributed by atoms with Crippen molar-refractivity contribution in [3.8, 4) is 11.5 Å². The van der Waals surface area contributed by atoms with Crippen LogP contribution in [0.5, 0.6) is 11.5 Å². The van der Waals surface area contributed by atoms with E-state index in [4.69, 9.17) is 14.2 Å². The van der Waals surface area contributed by atoms with Crippen LogP contribution < -0.4 is 9.47 Å². The molecular formula is C22H31NO4. The molecule has 27 heavy (non-hydrogen) atoms. The van der Waals surface area contributed by atoms with Crippen LogP contribution in [0.25, 0.3) is 0 Å². The highest BCUT2D eigenvalue weighted by Crippen LogP contribution is 2.17. The Labute approximate surface area is 162 Å². The van der Waals surface area contributed by atoms with Crippen molar-refractivity contribution in [3.63, 3.8) is 0 Å². The quantitative estimate of drug-likeness (QED) is 0.579. The fourth-order valence-corrected chi connectivity index (χ4v) is 2.83. The first-order chi connectivity index (χ1) is 13.1. The summed E-state index contributed by atoms with van der Waals surface area (Å²) in [5, 5.41) is 10.4. The zero-order valence-corrected chi connectivity index (χ0v) is 16.6. The van der Waals surface area contributed by atoms with Gasteiger partial charge in [-0.25, -0.2) is 0 Å². The summed E-state index contributed by atoms with van der Waals surface area (Å²) in [5.74, 6) is 1.50. The Hall–Kier alpha value is -2.08. The highest BCUT2D eigenvalue weighted by molar-refractivity contribution is 5.31. The van der Waals surface area contributed by atoms with Gasteiger partial charge in [-0.1, -0.05) is 29.8 Å². The summed E-state index contributed by atoms with van der Waals surface area (Å²) < 4.78 is 16.0. The van der Waals surface area contributed by atoms with Gasteiger partial charge in [0.25, 0.3) is 0 Å². The van der Waals surface area contributed by atoms with Crippen molar-refractivity contribution in [2.45, 2.75) is 26.0 Å². The van der Waals surface area contributed by atoms with E-state index >= 15 is 0 Å². The second kappa shape index (κ2) is 11.6. The second-order valence-corrected chi connectivity index (χ2v) is 6.71. The number of benzene rings is 2. The van der Waals surface area contributed by atoms with Crippen LogP contribution in [0.3, 0.4) is 0 Å². The average molecular weight is 373 g/mol. The fourth-order valence-electron chi connectivity index (χ4n) is 2.83. The molecule has 2 rings (SSSR count). The van der Waals surface area contributed by atoms with Crippen molar-refractivity contribution in [1.82, 2.24) is 4.90 Å². The molecule has 0 aliphatic carbocycles. The van der Waals surface area contributed by atoms with Crippen molar-refractivity contribution in [2.75, 3.05) is 40.5 Å². The molecule has 1 N–H and O–H groups in total. The van der Waals surface area contributed by atoms with E-state index in [1.165, 1.54) is 11.1 Å². The minimum Gasteiger partial charge on any atom is -0.497 e. The van der Waals surface area contributed by atoms with E-state index in [9.17, 15) is 5.11 Å². The lowest BCUT2D eigenvalue weighted by Gasteiger charge is -2.25. The molecule has 5 heteroatoms. The molecular weight excluding hydrogens is 342 g/mol. The minimum atomic E-state index is -0.569. The monoisotopic (exact) mass is 373 g/mol. The number of hydrogen-bond donors (Lipinski definition) is 1. The van der Waals surface area contributed by atoms with Gasteiger partial charge in [0.1, 0.15) is 24.2 Å². The molecule has 148 valence electrons. The molecule has 2 aromatic rings. The lowest BCUT2D eigenvalue weighted by Crippen LogP contribution is -2.36. The maximum Gasteiger partial charge on any atom is 0.119 e. The molecule has 0 aliphatic heterocycles. The van der Waals surface area contributed by atoms with E-state index < -0.39 is 6.10 Å². The number of rotatable bonds is 12. The number of aryl methyl sites for hydroxylation is 1. The Balaban J connectivity index is 1.86. The van der Waals surface area contributed by atoms with Gasteiger partial charge in [0.2, 0.25) is 0 Å². The molecule has 2 aromatic carbocycles. The first-order valence-electron chi connectivity index (χ1n) is 9.32. The zero-order valence-electron chi connectivity index (χ0n) is 16.6. The van der Waals surface area contributed by atoms with Crippen LogP contribution in [-0.4, -0.2) is 56.6 Å². The molecule has 0 saturated heterocycles. The Morgan fingerprint density at radius 2 is 1.63 bits per heavy atom. The van der Waals surface area contributed by atoms with Gasteiger partial charge in [0.05, 0.1) is 7.11 Å². The van der Waals surface area contributed by atoms with E-state index in [0.29, 0.717) is 13.2 Å². The summed E-state index contributed by atoms with van der Waals surface area (Å²) in [7, 11) is 3.34. The number of methoxy groups -OCH3 is 2. The third-order valence-corrected chi connectivity index (χ3v) is 4.32. The predicted octanol–water partition coefficient (Wildman–Crippen LogP) is 3.28. The van der Waals surface area contributed by atoms with Gasteiger partial charge in [0, 0.05) is 33.4 Å². The maximum absolute atomic E-state index is 10.4. The Kier molecular flexibility index (Phi) is 9.11. The lowest BCUT2D eigenvalue weighted by molar-refractivity contribution is 0.0617. The molecule has 0 radical (unpaired) electrons. The summed E-state index contributed by atoms with van der Waals surface area (Å²) >= 11 is 0. The molecule has 0 aromatic heterocycles. The number of aliphatic hydroxyl groups excluding tert-OH is 1. The third kappa shape index (κ3) is 7.99. The van der Waals surface area contributed by atoms with Gasteiger partial charge in [-0.2, -0.15) is 0 Å². The Morgan fingerprint density at radius 1 is 0.963 bits per heavy atom. The molecule has 0 saturated carbocycles. The van der Waals surface area contributed by atoms with Gasteiger partial charge in [-0.3, -0.25) is 4.90 Å². The SMILES string of the molecule is COCCCN(Cc1ccc(C)cc1)C[C@H](O)COc1ccc(OC)cc1. The molecule has 0 fully saturated rings. The average Bonchev–Trinajstić information content (AvgIpc) is 2.68. The van der Waals surface area contributed by atoms with Crippen LogP contribution >= 0.6 is 0 Å². The molecule has 1 atom stereocenters. The molecule has 0 heterocycles. The lowest BCUT2D eigenvalue weighted by atomic mass is 10.1. The second-order valence-electron chi connectivity index (χ2n) is 6.71. The van der Waals surface area contributed by atoms with Crippen LogP contribution in [0.15, 0.2) is 48.5 Å². The van der Waals surface area contributed by atoms with Crippen molar-refractivity contribution in [3.05, 3.63) is 59.7 Å². The molecule has 5 nitrogen and oxygen atoms in total. The summed E-state index contributed by atoms with van der Waals surface area (Å²) in [4.78, 5) is 2.24. The molecule has 0 aliphatic rings. The van der Waals surface area contributed by atoms with Crippen LogP contribution in [-0.2, 0) is 11.3 Å². The summed E-state index contributed by atoms with van der Waals surface area (Å²) in [6, 6.07) is 15.9. The largest absolute Gasteiger partial charge is 0.497 e. The normalized spacial score (nSPS) is 12.2. The molecule has 0 spiro atoms. The number of nitrogens with zero attached hydrogens (tertiary/aromatic N) is 1. The van der Waals surface area contributed by atoms with Gasteiger partial charge < -0.3 is 19.3 Å². The third-order valence-electron chi connectivity index (χ3n) is 4.32. The van der Waals surface area contributed by atoms with Gasteiger partial charge in [-0.15, -0.1) is 0 Å². The van der Waals surface area contributed by atoms with Gasteiger partial charge in [-0.05, 0) is 43.2 Å². The van der Waals surface area contributed by atoms with Gasteiger partial charge in [0.15, 0.2) is 0 Å². The van der Waals surface area contributed by atoms with E-state index in [2.05, 4.69) is 36.1 Å². The smallest absolute Gasteiger partial charge is 0.119 e. The van der Waals surface area contributed by atoms with E-state index in [1.807, 2.05) is 24.3 Å². The van der Waals surface area contributed by atoms with E-state index in [-0.39, 0.29) is 6.61 Å². The van der Waals surface area contributed by atoms with Gasteiger partial charge >= 0.3 is 0 Å². The maximum atomic E-state index is 10.4. The number of ether oxygens (including phenoxy) is 3. The van der Waals surface area contributed by atoms with Crippen LogP contribution in [0.2, 0.25) is 0 Å². The number of hydrogen-bond acceptors (Lipinski definition) is 5. The topological polar surface area (TPSA) is 51.2 Å². The van der Waals surface area contributed by atoms with E-state index in [0.717, 1.165) is 31.0 Å². The summed E-state index contributed by atoms with van der Waals surface area (Å²) in [6.45, 7) is 5.25. The van der Waals surface area contributed by atoms with E-state index in [1.54, 1.807) is 14.2 Å². The number of aliphatic hydroxyl groups is 1. The highest BCUT2D eigenvalue weighted by atomic mass is 16.5. The fraction of sp³-hybridized carbons (Fsp3) is 0.455.